The van der Waals surface area contributed by atoms with Gasteiger partial charge in [0.2, 0.25) is 0 Å². The summed E-state index contributed by atoms with van der Waals surface area (Å²) >= 11 is 7.30. The summed E-state index contributed by atoms with van der Waals surface area (Å²) in [6.45, 7) is 20.5. The number of hydrogen-bond donors (Lipinski definition) is 1. The van der Waals surface area contributed by atoms with Gasteiger partial charge in [0.05, 0.1) is 16.4 Å². The van der Waals surface area contributed by atoms with Crippen molar-refractivity contribution < 1.29 is 0 Å². The Morgan fingerprint density at radius 2 is 1.24 bits per heavy atom. The number of benzene rings is 4. The van der Waals surface area contributed by atoms with Gasteiger partial charge in [-0.3, -0.25) is 0 Å². The third-order valence-electron chi connectivity index (χ3n) is 8.85. The van der Waals surface area contributed by atoms with Crippen LogP contribution in [-0.2, 0) is 16.2 Å². The van der Waals surface area contributed by atoms with E-state index in [-0.39, 0.29) is 16.2 Å². The van der Waals surface area contributed by atoms with E-state index in [2.05, 4.69) is 151 Å². The molecule has 4 aromatic rings. The fourth-order valence-corrected chi connectivity index (χ4v) is 6.30. The molecule has 1 aliphatic carbocycles. The van der Waals surface area contributed by atoms with Crippen LogP contribution in [0.5, 0.6) is 0 Å². The van der Waals surface area contributed by atoms with Crippen molar-refractivity contribution in [3.63, 3.8) is 0 Å². The van der Waals surface area contributed by atoms with Crippen molar-refractivity contribution in [2.75, 3.05) is 10.2 Å². The van der Waals surface area contributed by atoms with Gasteiger partial charge in [-0.1, -0.05) is 96.0 Å². The molecule has 0 heterocycles. The van der Waals surface area contributed by atoms with Gasteiger partial charge in [0.1, 0.15) is 0 Å². The molecular weight excluding hydrogens is 520 g/mol. The van der Waals surface area contributed by atoms with Gasteiger partial charge in [0.15, 0.2) is 0 Å². The predicted molar refractivity (Wildman–Crippen MR) is 179 cm³/mol. The summed E-state index contributed by atoms with van der Waals surface area (Å²) in [6, 6.07) is 28.7. The molecule has 0 amide bonds. The Balaban J connectivity index is 1.60. The highest BCUT2D eigenvalue weighted by Crippen LogP contribution is 2.48. The Kier molecular flexibility index (Phi) is 7.53. The van der Waals surface area contributed by atoms with Crippen molar-refractivity contribution >= 4 is 40.0 Å². The van der Waals surface area contributed by atoms with Crippen molar-refractivity contribution in [3.05, 3.63) is 112 Å². The van der Waals surface area contributed by atoms with Crippen LogP contribution in [0.3, 0.4) is 0 Å². The molecule has 5 rings (SSSR count). The highest BCUT2D eigenvalue weighted by molar-refractivity contribution is 6.36. The summed E-state index contributed by atoms with van der Waals surface area (Å²) in [4.78, 5) is 2.27. The Bertz CT molecular complexity index is 1550. The summed E-state index contributed by atoms with van der Waals surface area (Å²) in [7, 11) is 0. The van der Waals surface area contributed by atoms with Crippen LogP contribution in [0.2, 0.25) is 5.02 Å². The normalized spacial score (nSPS) is 15.8. The van der Waals surface area contributed by atoms with Crippen molar-refractivity contribution in [3.8, 4) is 0 Å². The lowest BCUT2D eigenvalue weighted by molar-refractivity contribution is 0.332. The molecule has 0 saturated carbocycles. The minimum absolute atomic E-state index is 0.0872. The first-order valence-electron chi connectivity index (χ1n) is 14.9. The lowest BCUT2D eigenvalue weighted by atomic mass is 9.63. The van der Waals surface area contributed by atoms with Crippen LogP contribution in [0.25, 0.3) is 0 Å². The van der Waals surface area contributed by atoms with E-state index in [1.165, 1.54) is 35.1 Å². The van der Waals surface area contributed by atoms with Gasteiger partial charge in [-0.2, -0.15) is 0 Å². The maximum absolute atomic E-state index is 7.30. The fraction of sp³-hybridized carbons (Fsp3) is 0.368. The van der Waals surface area contributed by atoms with Crippen LogP contribution < -0.4 is 10.2 Å². The molecule has 0 spiro atoms. The smallest absolute Gasteiger partial charge is 0.0881 e. The van der Waals surface area contributed by atoms with Crippen LogP contribution in [0.15, 0.2) is 78.9 Å². The molecule has 0 atom stereocenters. The quantitative estimate of drug-likeness (QED) is 0.259. The minimum atomic E-state index is 0.0872. The van der Waals surface area contributed by atoms with E-state index in [1.807, 2.05) is 0 Å². The molecule has 0 bridgehead atoms. The molecule has 0 fully saturated rings. The highest BCUT2D eigenvalue weighted by atomic mass is 35.5. The predicted octanol–water partition coefficient (Wildman–Crippen LogP) is 11.8. The number of hydrogen-bond acceptors (Lipinski definition) is 2. The van der Waals surface area contributed by atoms with Crippen LogP contribution in [0.4, 0.5) is 28.4 Å². The van der Waals surface area contributed by atoms with Crippen LogP contribution in [0.1, 0.15) is 89.1 Å². The number of nitrogens with zero attached hydrogens (tertiary/aromatic N) is 1. The van der Waals surface area contributed by atoms with E-state index < -0.39 is 0 Å². The van der Waals surface area contributed by atoms with E-state index >= 15 is 0 Å². The first-order valence-corrected chi connectivity index (χ1v) is 15.2. The molecule has 0 radical (unpaired) electrons. The van der Waals surface area contributed by atoms with E-state index in [9.17, 15) is 0 Å². The third-order valence-corrected chi connectivity index (χ3v) is 9.25. The molecule has 2 nitrogen and oxygen atoms in total. The number of halogens is 1. The molecular formula is C38H45ClN2. The van der Waals surface area contributed by atoms with Gasteiger partial charge in [-0.05, 0) is 114 Å². The summed E-state index contributed by atoms with van der Waals surface area (Å²) < 4.78 is 0. The van der Waals surface area contributed by atoms with E-state index in [1.54, 1.807) is 0 Å². The second-order valence-corrected chi connectivity index (χ2v) is 14.6. The molecule has 1 N–H and O–H groups in total. The van der Waals surface area contributed by atoms with E-state index in [0.717, 1.165) is 34.0 Å². The molecule has 0 saturated heterocycles. The Morgan fingerprint density at radius 3 is 1.83 bits per heavy atom. The topological polar surface area (TPSA) is 15.3 Å². The van der Waals surface area contributed by atoms with Crippen molar-refractivity contribution in [1.29, 1.82) is 0 Å². The summed E-state index contributed by atoms with van der Waals surface area (Å²) in [5.41, 5.74) is 12.1. The maximum atomic E-state index is 7.30. The largest absolute Gasteiger partial charge is 0.354 e. The summed E-state index contributed by atoms with van der Waals surface area (Å²) in [5.74, 6) is 0. The molecule has 1 aliphatic rings. The number of fused-ring (bicyclic) bond motifs is 1. The third kappa shape index (κ3) is 5.90. The minimum Gasteiger partial charge on any atom is -0.354 e. The SMILES string of the molecule is Cc1ccc(N(c2ccc(C(C)(C)C)cc2)c2cc(C)cc(Nc3ccc4c(c3)C(C)(C)CCC4(C)C)c2Cl)cc1. The van der Waals surface area contributed by atoms with E-state index in [0.29, 0.717) is 5.02 Å². The van der Waals surface area contributed by atoms with Gasteiger partial charge in [0.25, 0.3) is 0 Å². The molecule has 3 heteroatoms. The molecule has 0 aromatic heterocycles. The Morgan fingerprint density at radius 1 is 0.683 bits per heavy atom. The first kappa shape index (κ1) is 29.3. The lowest BCUT2D eigenvalue weighted by Crippen LogP contribution is -2.33. The molecule has 0 aliphatic heterocycles. The number of rotatable bonds is 5. The van der Waals surface area contributed by atoms with Crippen LogP contribution in [-0.4, -0.2) is 0 Å². The molecule has 214 valence electrons. The zero-order valence-corrected chi connectivity index (χ0v) is 27.0. The molecule has 0 unspecified atom stereocenters. The zero-order valence-electron chi connectivity index (χ0n) is 26.2. The Labute approximate surface area is 252 Å². The van der Waals surface area contributed by atoms with Gasteiger partial charge < -0.3 is 10.2 Å². The standard InChI is InChI=1S/C38H45ClN2/c1-25-10-15-29(16-11-25)41(30-17-12-27(13-18-30)36(3,4)5)34-23-26(2)22-33(35(34)39)40-28-14-19-31-32(24-28)38(8,9)21-20-37(31,6)7/h10-19,22-24,40H,20-21H2,1-9H3. The van der Waals surface area contributed by atoms with Crippen molar-refractivity contribution in [2.24, 2.45) is 0 Å². The summed E-state index contributed by atoms with van der Waals surface area (Å²) in [5, 5.41) is 4.41. The molecule has 4 aromatic carbocycles. The van der Waals surface area contributed by atoms with Gasteiger partial charge in [-0.15, -0.1) is 0 Å². The van der Waals surface area contributed by atoms with Crippen LogP contribution >= 0.6 is 11.6 Å². The average molecular weight is 565 g/mol. The van der Waals surface area contributed by atoms with Crippen molar-refractivity contribution in [2.45, 2.75) is 91.4 Å². The highest BCUT2D eigenvalue weighted by Gasteiger charge is 2.37. The monoisotopic (exact) mass is 564 g/mol. The second-order valence-electron chi connectivity index (χ2n) is 14.3. The zero-order chi connectivity index (χ0) is 29.7. The maximum Gasteiger partial charge on any atom is 0.0881 e. The number of aryl methyl sites for hydroxylation is 2. The fourth-order valence-electron chi connectivity index (χ4n) is 6.06. The lowest BCUT2D eigenvalue weighted by Gasteiger charge is -2.42. The number of anilines is 5. The van der Waals surface area contributed by atoms with Gasteiger partial charge >= 0.3 is 0 Å². The van der Waals surface area contributed by atoms with Gasteiger partial charge in [0, 0.05) is 17.1 Å². The Hall–Kier alpha value is -3.23. The van der Waals surface area contributed by atoms with Gasteiger partial charge in [-0.25, -0.2) is 0 Å². The number of nitrogens with one attached hydrogen (secondary N) is 1. The summed E-state index contributed by atoms with van der Waals surface area (Å²) in [6.07, 6.45) is 2.39. The molecule has 41 heavy (non-hydrogen) atoms. The van der Waals surface area contributed by atoms with Crippen molar-refractivity contribution in [1.82, 2.24) is 0 Å². The average Bonchev–Trinajstić information content (AvgIpc) is 2.90. The van der Waals surface area contributed by atoms with E-state index in [4.69, 9.17) is 11.6 Å². The van der Waals surface area contributed by atoms with Crippen LogP contribution in [0, 0.1) is 13.8 Å². The second kappa shape index (κ2) is 10.6. The first-order chi connectivity index (χ1) is 19.2.